The smallest absolute Gasteiger partial charge is 0.491 e. The number of aryl methyl sites for hydroxylation is 1. The first-order valence-corrected chi connectivity index (χ1v) is 11.8. The number of halogens is 3. The van der Waals surface area contributed by atoms with Crippen LogP contribution < -0.4 is 14.4 Å². The second-order valence-electron chi connectivity index (χ2n) is 8.91. The summed E-state index contributed by atoms with van der Waals surface area (Å²) in [6, 6.07) is 14.5. The van der Waals surface area contributed by atoms with E-state index in [4.69, 9.17) is 9.47 Å². The monoisotopic (exact) mass is 521 g/mol. The summed E-state index contributed by atoms with van der Waals surface area (Å²) < 4.78 is 55.6. The van der Waals surface area contributed by atoms with Crippen LogP contribution in [0.3, 0.4) is 0 Å². The number of alkyl halides is 3. The summed E-state index contributed by atoms with van der Waals surface area (Å²) in [4.78, 5) is 18.9. The predicted molar refractivity (Wildman–Crippen MR) is 131 cm³/mol. The van der Waals surface area contributed by atoms with Gasteiger partial charge in [0, 0.05) is 35.9 Å². The number of carbonyl (C=O) groups is 1. The molecule has 0 radical (unpaired) electrons. The van der Waals surface area contributed by atoms with Crippen LogP contribution in [0.5, 0.6) is 11.6 Å². The zero-order valence-corrected chi connectivity index (χ0v) is 20.6. The van der Waals surface area contributed by atoms with Crippen molar-refractivity contribution in [1.29, 1.82) is 5.26 Å². The fraction of sp³-hybridized carbons (Fsp3) is 0.250. The summed E-state index contributed by atoms with van der Waals surface area (Å²) in [5, 5.41) is 9.55. The van der Waals surface area contributed by atoms with E-state index in [1.165, 1.54) is 6.20 Å². The van der Waals surface area contributed by atoms with Crippen LogP contribution in [-0.4, -0.2) is 23.9 Å². The van der Waals surface area contributed by atoms with Gasteiger partial charge < -0.3 is 19.1 Å². The van der Waals surface area contributed by atoms with Crippen LogP contribution in [0.1, 0.15) is 34.7 Å². The minimum Gasteiger partial charge on any atom is -0.491 e. The average molecular weight is 521 g/mol. The number of allylic oxidation sites excluding steroid dienone is 1. The first kappa shape index (κ1) is 25.1. The number of rotatable bonds is 5. The fourth-order valence-electron chi connectivity index (χ4n) is 4.80. The number of ether oxygens (including phenoxy) is 3. The molecule has 0 N–H and O–H groups in total. The van der Waals surface area contributed by atoms with Gasteiger partial charge >= 0.3 is 12.3 Å². The number of esters is 1. The molecule has 2 aliphatic heterocycles. The standard InChI is InChI=1S/C28H22F3N3O4/c1-16-14-33-26(38-28(29,30)31)22-12-21(27(35)37-15-18-6-4-3-5-7-18)17(2)34(24(16)22)23-9-8-19(13-32)20-10-11-36-25(20)23/h3-9,14H,10-12,15H2,1-2H3. The summed E-state index contributed by atoms with van der Waals surface area (Å²) in [7, 11) is 0. The number of nitriles is 1. The Bertz CT molecular complexity index is 1490. The number of benzene rings is 2. The number of hydrogen-bond acceptors (Lipinski definition) is 7. The molecule has 0 amide bonds. The van der Waals surface area contributed by atoms with Crippen LogP contribution in [0.25, 0.3) is 0 Å². The molecule has 2 aromatic carbocycles. The van der Waals surface area contributed by atoms with Crippen molar-refractivity contribution >= 4 is 17.3 Å². The lowest BCUT2D eigenvalue weighted by atomic mass is 9.93. The summed E-state index contributed by atoms with van der Waals surface area (Å²) in [6.07, 6.45) is -3.35. The topological polar surface area (TPSA) is 84.7 Å². The number of carbonyl (C=O) groups excluding carboxylic acids is 1. The number of anilines is 2. The fourth-order valence-corrected chi connectivity index (χ4v) is 4.80. The van der Waals surface area contributed by atoms with Crippen molar-refractivity contribution in [2.45, 2.75) is 39.7 Å². The van der Waals surface area contributed by atoms with Crippen LogP contribution in [-0.2, 0) is 29.0 Å². The molecule has 0 spiro atoms. The van der Waals surface area contributed by atoms with Crippen molar-refractivity contribution in [1.82, 2.24) is 4.98 Å². The van der Waals surface area contributed by atoms with Gasteiger partial charge in [-0.3, -0.25) is 0 Å². The second kappa shape index (κ2) is 9.74. The summed E-state index contributed by atoms with van der Waals surface area (Å²) >= 11 is 0. The molecule has 194 valence electrons. The lowest BCUT2D eigenvalue weighted by Gasteiger charge is -2.36. The molecular weight excluding hydrogens is 499 g/mol. The first-order valence-electron chi connectivity index (χ1n) is 11.8. The number of hydrogen-bond donors (Lipinski definition) is 0. The highest BCUT2D eigenvalue weighted by molar-refractivity contribution is 5.95. The maximum absolute atomic E-state index is 13.3. The van der Waals surface area contributed by atoms with Crippen LogP contribution in [0.2, 0.25) is 0 Å². The molecule has 0 saturated heterocycles. The zero-order valence-electron chi connectivity index (χ0n) is 20.6. The van der Waals surface area contributed by atoms with Crippen LogP contribution >= 0.6 is 0 Å². The van der Waals surface area contributed by atoms with E-state index in [1.54, 1.807) is 43.0 Å². The lowest BCUT2D eigenvalue weighted by Crippen LogP contribution is -2.29. The maximum atomic E-state index is 13.3. The number of fused-ring (bicyclic) bond motifs is 2. The van der Waals surface area contributed by atoms with E-state index in [0.717, 1.165) is 5.56 Å². The van der Waals surface area contributed by atoms with Crippen molar-refractivity contribution in [3.8, 4) is 17.7 Å². The van der Waals surface area contributed by atoms with Crippen LogP contribution in [0.15, 0.2) is 59.9 Å². The van der Waals surface area contributed by atoms with E-state index in [2.05, 4.69) is 15.8 Å². The third-order valence-corrected chi connectivity index (χ3v) is 6.51. The number of pyridine rings is 1. The van der Waals surface area contributed by atoms with Crippen LogP contribution in [0, 0.1) is 18.3 Å². The summed E-state index contributed by atoms with van der Waals surface area (Å²) in [5.74, 6) is -0.870. The lowest BCUT2D eigenvalue weighted by molar-refractivity contribution is -0.276. The normalized spacial score (nSPS) is 14.4. The third kappa shape index (κ3) is 4.63. The Morgan fingerprint density at radius 2 is 1.92 bits per heavy atom. The van der Waals surface area contributed by atoms with E-state index in [-0.39, 0.29) is 24.2 Å². The minimum absolute atomic E-state index is 0.00331. The van der Waals surface area contributed by atoms with Crippen molar-refractivity contribution in [3.05, 3.63) is 87.7 Å². The molecule has 0 bridgehead atoms. The van der Waals surface area contributed by atoms with Gasteiger partial charge in [-0.25, -0.2) is 9.78 Å². The van der Waals surface area contributed by atoms with Gasteiger partial charge in [0.05, 0.1) is 35.2 Å². The Morgan fingerprint density at radius 3 is 2.63 bits per heavy atom. The van der Waals surface area contributed by atoms with Crippen molar-refractivity contribution in [2.24, 2.45) is 0 Å². The average Bonchev–Trinajstić information content (AvgIpc) is 3.39. The molecule has 7 nitrogen and oxygen atoms in total. The van der Waals surface area contributed by atoms with Gasteiger partial charge in [0.2, 0.25) is 5.88 Å². The molecule has 1 aromatic heterocycles. The van der Waals surface area contributed by atoms with Gasteiger partial charge in [-0.05, 0) is 37.1 Å². The Kier molecular flexibility index (Phi) is 6.45. The molecule has 3 aromatic rings. The third-order valence-electron chi connectivity index (χ3n) is 6.51. The molecule has 0 atom stereocenters. The number of aromatic nitrogens is 1. The molecule has 0 fully saturated rings. The van der Waals surface area contributed by atoms with Gasteiger partial charge in [0.15, 0.2) is 0 Å². The van der Waals surface area contributed by atoms with Crippen molar-refractivity contribution < 1.29 is 32.2 Å². The highest BCUT2D eigenvalue weighted by Crippen LogP contribution is 2.49. The Balaban J connectivity index is 1.65. The van der Waals surface area contributed by atoms with Crippen LogP contribution in [0.4, 0.5) is 24.5 Å². The molecular formula is C28H22F3N3O4. The summed E-state index contributed by atoms with van der Waals surface area (Å²) in [6.45, 7) is 3.77. The van der Waals surface area contributed by atoms with Crippen molar-refractivity contribution in [3.63, 3.8) is 0 Å². The van der Waals surface area contributed by atoms with E-state index in [0.29, 0.717) is 52.5 Å². The summed E-state index contributed by atoms with van der Waals surface area (Å²) in [5.41, 5.74) is 4.11. The first-order chi connectivity index (χ1) is 18.2. The van der Waals surface area contributed by atoms with Crippen molar-refractivity contribution in [2.75, 3.05) is 11.5 Å². The minimum atomic E-state index is -4.98. The van der Waals surface area contributed by atoms with Gasteiger partial charge in [-0.15, -0.1) is 13.2 Å². The highest BCUT2D eigenvalue weighted by Gasteiger charge is 2.38. The Morgan fingerprint density at radius 1 is 1.16 bits per heavy atom. The van der Waals surface area contributed by atoms with Gasteiger partial charge in [-0.2, -0.15) is 5.26 Å². The molecule has 0 aliphatic carbocycles. The molecule has 38 heavy (non-hydrogen) atoms. The van der Waals surface area contributed by atoms with E-state index in [1.807, 2.05) is 18.2 Å². The SMILES string of the molecule is CC1=C(C(=O)OCc2ccccc2)Cc2c(OC(F)(F)F)ncc(C)c2N1c1ccc(C#N)c2c1OCC2. The number of nitrogens with zero attached hydrogens (tertiary/aromatic N) is 3. The molecule has 5 rings (SSSR count). The quantitative estimate of drug-likeness (QED) is 0.392. The van der Waals surface area contributed by atoms with E-state index >= 15 is 0 Å². The molecule has 0 saturated carbocycles. The second-order valence-corrected chi connectivity index (χ2v) is 8.91. The van der Waals surface area contributed by atoms with E-state index < -0.39 is 18.2 Å². The predicted octanol–water partition coefficient (Wildman–Crippen LogP) is 5.81. The zero-order chi connectivity index (χ0) is 27.0. The Hall–Kier alpha value is -4.52. The van der Waals surface area contributed by atoms with Gasteiger partial charge in [0.25, 0.3) is 0 Å². The molecule has 3 heterocycles. The molecule has 10 heteroatoms. The maximum Gasteiger partial charge on any atom is 0.574 e. The molecule has 0 unspecified atom stereocenters. The molecule has 2 aliphatic rings. The van der Waals surface area contributed by atoms with Gasteiger partial charge in [0.1, 0.15) is 12.4 Å². The Labute approximate surface area is 216 Å². The largest absolute Gasteiger partial charge is 0.574 e. The highest BCUT2D eigenvalue weighted by atomic mass is 19.4. The van der Waals surface area contributed by atoms with E-state index in [9.17, 15) is 23.2 Å². The van der Waals surface area contributed by atoms with Gasteiger partial charge in [-0.1, -0.05) is 30.3 Å².